The standard InChI is InChI=1S/C17H24N2O3S/c1-11(15-7-4-8-23-15)18-16(20)10-19-13-6-3-2-5-12(13)9-14(19)17(21)22/h4,7-8,11-14H,2-3,5-6,9-10H2,1H3,(H,18,20)(H,21,22)/t11-,12+,13+,14-/m0/s1. The van der Waals surface area contributed by atoms with E-state index in [0.29, 0.717) is 12.3 Å². The van der Waals surface area contributed by atoms with E-state index in [1.54, 1.807) is 11.3 Å². The van der Waals surface area contributed by atoms with Gasteiger partial charge in [-0.1, -0.05) is 18.9 Å². The number of hydrogen-bond acceptors (Lipinski definition) is 4. The van der Waals surface area contributed by atoms with Gasteiger partial charge in [-0.15, -0.1) is 11.3 Å². The van der Waals surface area contributed by atoms with Gasteiger partial charge in [0, 0.05) is 10.9 Å². The highest BCUT2D eigenvalue weighted by Gasteiger charge is 2.45. The summed E-state index contributed by atoms with van der Waals surface area (Å²) in [6.45, 7) is 2.15. The van der Waals surface area contributed by atoms with Crippen molar-refractivity contribution >= 4 is 23.2 Å². The summed E-state index contributed by atoms with van der Waals surface area (Å²) in [4.78, 5) is 27.0. The van der Waals surface area contributed by atoms with E-state index in [4.69, 9.17) is 0 Å². The zero-order chi connectivity index (χ0) is 16.4. The first kappa shape index (κ1) is 16.5. The summed E-state index contributed by atoms with van der Waals surface area (Å²) in [6, 6.07) is 3.69. The monoisotopic (exact) mass is 336 g/mol. The summed E-state index contributed by atoms with van der Waals surface area (Å²) in [6.07, 6.45) is 5.12. The normalized spacial score (nSPS) is 29.0. The maximum absolute atomic E-state index is 12.4. The molecular weight excluding hydrogens is 312 g/mol. The molecule has 1 aromatic heterocycles. The molecule has 4 atom stereocenters. The van der Waals surface area contributed by atoms with Crippen LogP contribution in [-0.4, -0.2) is 40.5 Å². The molecule has 23 heavy (non-hydrogen) atoms. The fraction of sp³-hybridized carbons (Fsp3) is 0.647. The molecule has 6 heteroatoms. The third-order valence-electron chi connectivity index (χ3n) is 5.18. The summed E-state index contributed by atoms with van der Waals surface area (Å²) >= 11 is 1.62. The van der Waals surface area contributed by atoms with E-state index in [1.807, 2.05) is 29.3 Å². The molecule has 0 radical (unpaired) electrons. The highest BCUT2D eigenvalue weighted by Crippen LogP contribution is 2.39. The molecule has 1 amide bonds. The maximum atomic E-state index is 12.4. The van der Waals surface area contributed by atoms with Crippen molar-refractivity contribution in [3.05, 3.63) is 22.4 Å². The molecule has 0 unspecified atom stereocenters. The average Bonchev–Trinajstić information content (AvgIpc) is 3.15. The average molecular weight is 336 g/mol. The van der Waals surface area contributed by atoms with Crippen LogP contribution in [0.2, 0.25) is 0 Å². The lowest BCUT2D eigenvalue weighted by Crippen LogP contribution is -2.47. The molecule has 1 aliphatic heterocycles. The van der Waals surface area contributed by atoms with Gasteiger partial charge in [0.15, 0.2) is 0 Å². The van der Waals surface area contributed by atoms with Crippen LogP contribution in [0.1, 0.15) is 49.9 Å². The van der Waals surface area contributed by atoms with Crippen molar-refractivity contribution in [2.24, 2.45) is 5.92 Å². The largest absolute Gasteiger partial charge is 0.480 e. The number of carboxylic acids is 1. The summed E-state index contributed by atoms with van der Waals surface area (Å²) in [7, 11) is 0. The Labute approximate surface area is 140 Å². The van der Waals surface area contributed by atoms with Gasteiger partial charge < -0.3 is 10.4 Å². The van der Waals surface area contributed by atoms with E-state index in [0.717, 1.165) is 24.1 Å². The van der Waals surface area contributed by atoms with Gasteiger partial charge in [0.1, 0.15) is 6.04 Å². The molecule has 1 saturated carbocycles. The lowest BCUT2D eigenvalue weighted by atomic mass is 9.85. The molecule has 2 heterocycles. The van der Waals surface area contributed by atoms with Crippen LogP contribution in [0.3, 0.4) is 0 Å². The first-order chi connectivity index (χ1) is 11.1. The minimum Gasteiger partial charge on any atom is -0.480 e. The van der Waals surface area contributed by atoms with Crippen molar-refractivity contribution < 1.29 is 14.7 Å². The first-order valence-electron chi connectivity index (χ1n) is 8.37. The van der Waals surface area contributed by atoms with Gasteiger partial charge in [-0.25, -0.2) is 0 Å². The Kier molecular flexibility index (Phi) is 5.02. The second kappa shape index (κ2) is 7.01. The number of nitrogens with zero attached hydrogens (tertiary/aromatic N) is 1. The topological polar surface area (TPSA) is 69.6 Å². The third-order valence-corrected chi connectivity index (χ3v) is 6.23. The van der Waals surface area contributed by atoms with E-state index >= 15 is 0 Å². The van der Waals surface area contributed by atoms with Crippen molar-refractivity contribution in [2.45, 2.75) is 57.2 Å². The molecular formula is C17H24N2O3S. The molecule has 0 spiro atoms. The number of amides is 1. The van der Waals surface area contributed by atoms with Crippen molar-refractivity contribution in [2.75, 3.05) is 6.54 Å². The minimum atomic E-state index is -0.793. The number of thiophene rings is 1. The number of fused-ring (bicyclic) bond motifs is 1. The lowest BCUT2D eigenvalue weighted by molar-refractivity contribution is -0.143. The van der Waals surface area contributed by atoms with Crippen molar-refractivity contribution in [3.8, 4) is 0 Å². The van der Waals surface area contributed by atoms with Crippen LogP contribution < -0.4 is 5.32 Å². The smallest absolute Gasteiger partial charge is 0.320 e. The van der Waals surface area contributed by atoms with Crippen molar-refractivity contribution in [3.63, 3.8) is 0 Å². The van der Waals surface area contributed by atoms with Crippen molar-refractivity contribution in [1.82, 2.24) is 10.2 Å². The third kappa shape index (κ3) is 3.58. The van der Waals surface area contributed by atoms with Gasteiger partial charge in [-0.05, 0) is 43.6 Å². The van der Waals surface area contributed by atoms with Crippen LogP contribution in [0.15, 0.2) is 17.5 Å². The Bertz CT molecular complexity index is 560. The Hall–Kier alpha value is -1.40. The van der Waals surface area contributed by atoms with Crippen LogP contribution in [0, 0.1) is 5.92 Å². The van der Waals surface area contributed by atoms with Crippen LogP contribution in [-0.2, 0) is 9.59 Å². The van der Waals surface area contributed by atoms with E-state index in [9.17, 15) is 14.7 Å². The van der Waals surface area contributed by atoms with E-state index in [2.05, 4.69) is 5.32 Å². The Morgan fingerprint density at radius 2 is 2.22 bits per heavy atom. The Balaban J connectivity index is 1.64. The molecule has 5 nitrogen and oxygen atoms in total. The fourth-order valence-corrected chi connectivity index (χ4v) is 4.82. The van der Waals surface area contributed by atoms with E-state index < -0.39 is 12.0 Å². The Morgan fingerprint density at radius 3 is 2.91 bits per heavy atom. The van der Waals surface area contributed by atoms with Crippen LogP contribution >= 0.6 is 11.3 Å². The number of nitrogens with one attached hydrogen (secondary N) is 1. The quantitative estimate of drug-likeness (QED) is 0.867. The van der Waals surface area contributed by atoms with E-state index in [1.165, 1.54) is 6.42 Å². The SMILES string of the molecule is C[C@H](NC(=O)CN1[C@@H]2CCCC[C@@H]2C[C@H]1C(=O)O)c1cccs1. The van der Waals surface area contributed by atoms with Crippen molar-refractivity contribution in [1.29, 1.82) is 0 Å². The number of rotatable bonds is 5. The molecule has 1 saturated heterocycles. The number of carbonyl (C=O) groups excluding carboxylic acids is 1. The van der Waals surface area contributed by atoms with Gasteiger partial charge >= 0.3 is 5.97 Å². The fourth-order valence-electron chi connectivity index (χ4n) is 4.08. The van der Waals surface area contributed by atoms with Gasteiger partial charge in [-0.3, -0.25) is 14.5 Å². The molecule has 2 fully saturated rings. The molecule has 3 rings (SSSR count). The molecule has 2 N–H and O–H groups in total. The molecule has 0 aromatic carbocycles. The van der Waals surface area contributed by atoms with Crippen LogP contribution in [0.5, 0.6) is 0 Å². The van der Waals surface area contributed by atoms with Gasteiger partial charge in [0.25, 0.3) is 0 Å². The highest BCUT2D eigenvalue weighted by atomic mass is 32.1. The first-order valence-corrected chi connectivity index (χ1v) is 9.25. The van der Waals surface area contributed by atoms with Gasteiger partial charge in [-0.2, -0.15) is 0 Å². The molecule has 2 aliphatic rings. The maximum Gasteiger partial charge on any atom is 0.320 e. The van der Waals surface area contributed by atoms with Crippen LogP contribution in [0.25, 0.3) is 0 Å². The predicted molar refractivity (Wildman–Crippen MR) is 89.4 cm³/mol. The summed E-state index contributed by atoms with van der Waals surface area (Å²) in [5.41, 5.74) is 0. The van der Waals surface area contributed by atoms with Crippen LogP contribution in [0.4, 0.5) is 0 Å². The predicted octanol–water partition coefficient (Wildman–Crippen LogP) is 2.64. The molecule has 0 bridgehead atoms. The lowest BCUT2D eigenvalue weighted by Gasteiger charge is -2.32. The number of carbonyl (C=O) groups is 2. The molecule has 126 valence electrons. The van der Waals surface area contributed by atoms with Gasteiger partial charge in [0.05, 0.1) is 12.6 Å². The number of carboxylic acid groups (broad SMARTS) is 1. The second-order valence-corrected chi connectivity index (χ2v) is 7.66. The van der Waals surface area contributed by atoms with E-state index in [-0.39, 0.29) is 24.5 Å². The summed E-state index contributed by atoms with van der Waals surface area (Å²) in [5.74, 6) is -0.436. The molecule has 1 aliphatic carbocycles. The van der Waals surface area contributed by atoms with Gasteiger partial charge in [0.2, 0.25) is 5.91 Å². The summed E-state index contributed by atoms with van der Waals surface area (Å²) < 4.78 is 0. The zero-order valence-corrected chi connectivity index (χ0v) is 14.2. The number of likely N-dealkylation sites (tertiary alicyclic amines) is 1. The number of aliphatic carboxylic acids is 1. The Morgan fingerprint density at radius 1 is 1.43 bits per heavy atom. The summed E-state index contributed by atoms with van der Waals surface area (Å²) in [5, 5.41) is 14.5. The number of hydrogen-bond donors (Lipinski definition) is 2. The second-order valence-electron chi connectivity index (χ2n) is 6.68. The minimum absolute atomic E-state index is 0.0319. The molecule has 1 aromatic rings. The highest BCUT2D eigenvalue weighted by molar-refractivity contribution is 7.10. The zero-order valence-electron chi connectivity index (χ0n) is 13.4.